The molecule has 328 valence electrons. The zero-order valence-corrected chi connectivity index (χ0v) is 38.0. The van der Waals surface area contributed by atoms with Crippen LogP contribution in [0.2, 0.25) is 0 Å². The van der Waals surface area contributed by atoms with Gasteiger partial charge >= 0.3 is 7.82 Å². The van der Waals surface area contributed by atoms with E-state index in [2.05, 4.69) is 55.6 Å². The zero-order chi connectivity index (χ0) is 41.4. The summed E-state index contributed by atoms with van der Waals surface area (Å²) in [5, 5.41) is 13.8. The van der Waals surface area contributed by atoms with E-state index in [-0.39, 0.29) is 19.1 Å². The Kier molecular flexibility index (Phi) is 37.9. The second-order valence-electron chi connectivity index (χ2n) is 16.8. The van der Waals surface area contributed by atoms with Gasteiger partial charge in [-0.05, 0) is 70.6 Å². The van der Waals surface area contributed by atoms with Crippen molar-refractivity contribution in [2.75, 3.05) is 40.9 Å². The maximum Gasteiger partial charge on any atom is 0.472 e. The topological polar surface area (TPSA) is 105 Å². The summed E-state index contributed by atoms with van der Waals surface area (Å²) in [6.07, 6.45) is 49.0. The Morgan fingerprint density at radius 1 is 0.589 bits per heavy atom. The van der Waals surface area contributed by atoms with Crippen LogP contribution < -0.4 is 5.32 Å². The van der Waals surface area contributed by atoms with Gasteiger partial charge in [0.15, 0.2) is 0 Å². The Hall–Kier alpha value is -1.54. The van der Waals surface area contributed by atoms with Gasteiger partial charge in [0, 0.05) is 6.42 Å². The van der Waals surface area contributed by atoms with Crippen molar-refractivity contribution < 1.29 is 32.9 Å². The summed E-state index contributed by atoms with van der Waals surface area (Å²) >= 11 is 0. The first-order valence-electron chi connectivity index (χ1n) is 23.0. The SMILES string of the molecule is CCCCCCC/C=C\CCCCCCCC(=O)NC(COP(=O)(O)OCC[N+](C)(C)C)C(O)/C=C/CC/C=C/CC/C=C/CCCCCCCCCCCC. The van der Waals surface area contributed by atoms with Gasteiger partial charge in [-0.3, -0.25) is 13.8 Å². The van der Waals surface area contributed by atoms with Crippen LogP contribution in [0, 0.1) is 0 Å². The molecular formula is C47H90N2O6P+. The summed E-state index contributed by atoms with van der Waals surface area (Å²) in [6, 6.07) is -0.873. The maximum atomic E-state index is 12.9. The van der Waals surface area contributed by atoms with Gasteiger partial charge in [-0.25, -0.2) is 4.57 Å². The first kappa shape index (κ1) is 54.5. The number of hydrogen-bond donors (Lipinski definition) is 3. The molecule has 0 bridgehead atoms. The predicted octanol–water partition coefficient (Wildman–Crippen LogP) is 12.9. The number of aliphatic hydroxyl groups is 1. The number of hydrogen-bond acceptors (Lipinski definition) is 5. The van der Waals surface area contributed by atoms with E-state index >= 15 is 0 Å². The van der Waals surface area contributed by atoms with Crippen molar-refractivity contribution >= 4 is 13.7 Å². The lowest BCUT2D eigenvalue weighted by atomic mass is 10.1. The smallest absolute Gasteiger partial charge is 0.387 e. The van der Waals surface area contributed by atoms with Crippen LogP contribution in [0.25, 0.3) is 0 Å². The minimum absolute atomic E-state index is 0.0510. The number of phosphoric ester groups is 1. The molecule has 0 aromatic carbocycles. The van der Waals surface area contributed by atoms with Gasteiger partial charge in [-0.15, -0.1) is 0 Å². The van der Waals surface area contributed by atoms with E-state index in [0.29, 0.717) is 17.4 Å². The predicted molar refractivity (Wildman–Crippen MR) is 240 cm³/mol. The van der Waals surface area contributed by atoms with Crippen LogP contribution in [0.5, 0.6) is 0 Å². The van der Waals surface area contributed by atoms with E-state index < -0.39 is 20.0 Å². The molecule has 3 unspecified atom stereocenters. The van der Waals surface area contributed by atoms with E-state index in [1.807, 2.05) is 27.2 Å². The van der Waals surface area contributed by atoms with Gasteiger partial charge in [0.05, 0.1) is 39.9 Å². The monoisotopic (exact) mass is 810 g/mol. The van der Waals surface area contributed by atoms with Crippen molar-refractivity contribution in [3.05, 3.63) is 48.6 Å². The van der Waals surface area contributed by atoms with Crippen molar-refractivity contribution in [2.45, 2.75) is 206 Å². The van der Waals surface area contributed by atoms with E-state index in [9.17, 15) is 19.4 Å². The number of carbonyl (C=O) groups is 1. The third kappa shape index (κ3) is 40.6. The number of nitrogens with zero attached hydrogens (tertiary/aromatic N) is 1. The molecule has 3 atom stereocenters. The first-order chi connectivity index (χ1) is 27.0. The molecule has 0 aliphatic heterocycles. The number of allylic oxidation sites excluding steroid dienone is 7. The Labute approximate surface area is 346 Å². The first-order valence-corrected chi connectivity index (χ1v) is 24.5. The molecule has 56 heavy (non-hydrogen) atoms. The quantitative estimate of drug-likeness (QED) is 0.0246. The molecule has 0 aliphatic carbocycles. The fourth-order valence-electron chi connectivity index (χ4n) is 6.30. The highest BCUT2D eigenvalue weighted by atomic mass is 31.2. The maximum absolute atomic E-state index is 12.9. The van der Waals surface area contributed by atoms with Crippen LogP contribution >= 0.6 is 7.82 Å². The molecule has 9 heteroatoms. The number of phosphoric acid groups is 1. The summed E-state index contributed by atoms with van der Waals surface area (Å²) in [4.78, 5) is 23.1. The molecule has 0 heterocycles. The number of quaternary nitrogens is 1. The van der Waals surface area contributed by atoms with Gasteiger partial charge in [-0.2, -0.15) is 0 Å². The second kappa shape index (κ2) is 38.9. The Morgan fingerprint density at radius 2 is 0.982 bits per heavy atom. The van der Waals surface area contributed by atoms with Crippen molar-refractivity contribution in [2.24, 2.45) is 0 Å². The van der Waals surface area contributed by atoms with Crippen molar-refractivity contribution in [1.29, 1.82) is 0 Å². The summed E-state index contributed by atoms with van der Waals surface area (Å²) in [7, 11) is 1.54. The van der Waals surface area contributed by atoms with Crippen LogP contribution in [0.3, 0.4) is 0 Å². The van der Waals surface area contributed by atoms with Crippen LogP contribution in [0.15, 0.2) is 48.6 Å². The number of carbonyl (C=O) groups excluding carboxylic acids is 1. The van der Waals surface area contributed by atoms with Crippen molar-refractivity contribution in [1.82, 2.24) is 5.32 Å². The van der Waals surface area contributed by atoms with Crippen molar-refractivity contribution in [3.8, 4) is 0 Å². The largest absolute Gasteiger partial charge is 0.472 e. The minimum Gasteiger partial charge on any atom is -0.387 e. The molecule has 3 N–H and O–H groups in total. The van der Waals surface area contributed by atoms with Gasteiger partial charge in [0.2, 0.25) is 5.91 Å². The molecule has 0 fully saturated rings. The highest BCUT2D eigenvalue weighted by Gasteiger charge is 2.27. The fourth-order valence-corrected chi connectivity index (χ4v) is 7.04. The number of likely N-dealkylation sites (N-methyl/N-ethyl adjacent to an activating group) is 1. The van der Waals surface area contributed by atoms with Crippen LogP contribution in [-0.4, -0.2) is 73.4 Å². The molecule has 0 aliphatic rings. The summed E-state index contributed by atoms with van der Waals surface area (Å²) in [5.41, 5.74) is 0. The third-order valence-corrected chi connectivity index (χ3v) is 11.0. The summed E-state index contributed by atoms with van der Waals surface area (Å²) in [6.45, 7) is 4.76. The van der Waals surface area contributed by atoms with Crippen LogP contribution in [0.1, 0.15) is 194 Å². The van der Waals surface area contributed by atoms with Crippen molar-refractivity contribution in [3.63, 3.8) is 0 Å². The second-order valence-corrected chi connectivity index (χ2v) is 18.2. The van der Waals surface area contributed by atoms with E-state index in [0.717, 1.165) is 57.8 Å². The molecule has 0 spiro atoms. The van der Waals surface area contributed by atoms with Gasteiger partial charge < -0.3 is 19.8 Å². The molecule has 0 radical (unpaired) electrons. The summed E-state index contributed by atoms with van der Waals surface area (Å²) in [5.74, 6) is -0.202. The van der Waals surface area contributed by atoms with Gasteiger partial charge in [-0.1, -0.05) is 165 Å². The molecule has 8 nitrogen and oxygen atoms in total. The zero-order valence-electron chi connectivity index (χ0n) is 37.1. The van der Waals surface area contributed by atoms with Gasteiger partial charge in [0.1, 0.15) is 13.2 Å². The number of rotatable bonds is 41. The molecule has 0 rings (SSSR count). The Morgan fingerprint density at radius 3 is 1.43 bits per heavy atom. The van der Waals surface area contributed by atoms with Crippen LogP contribution in [0.4, 0.5) is 0 Å². The average molecular weight is 810 g/mol. The Balaban J connectivity index is 4.49. The standard InChI is InChI=1S/C47H89N2O6P/c1-6-8-10-12-14-16-18-20-22-23-24-25-26-27-28-30-32-34-36-38-40-46(50)45(44-55-56(52,53)54-43-42-49(3,4)5)48-47(51)41-39-37-35-33-31-29-21-19-17-15-13-11-9-7-2/h19,21,25-26,30,32,38,40,45-46,50H,6-18,20,22-24,27-29,31,33-37,39,41-44H2,1-5H3,(H-,48,51,52,53)/p+1/b21-19-,26-25+,32-30+,40-38+. The number of nitrogens with one attached hydrogen (secondary N) is 1. The highest BCUT2D eigenvalue weighted by molar-refractivity contribution is 7.47. The molecular weight excluding hydrogens is 719 g/mol. The molecule has 0 saturated heterocycles. The highest BCUT2D eigenvalue weighted by Crippen LogP contribution is 2.43. The number of unbranched alkanes of at least 4 members (excludes halogenated alkanes) is 22. The van der Waals surface area contributed by atoms with Gasteiger partial charge in [0.25, 0.3) is 0 Å². The van der Waals surface area contributed by atoms with E-state index in [1.165, 1.54) is 116 Å². The van der Waals surface area contributed by atoms with Crippen LogP contribution in [-0.2, 0) is 18.4 Å². The number of amides is 1. The molecule has 0 aromatic heterocycles. The lowest BCUT2D eigenvalue weighted by Gasteiger charge is -2.25. The lowest BCUT2D eigenvalue weighted by Crippen LogP contribution is -2.45. The fraction of sp³-hybridized carbons (Fsp3) is 0.809. The lowest BCUT2D eigenvalue weighted by molar-refractivity contribution is -0.870. The molecule has 1 amide bonds. The molecule has 0 aromatic rings. The Bertz CT molecular complexity index is 1050. The van der Waals surface area contributed by atoms with E-state index in [1.54, 1.807) is 6.08 Å². The minimum atomic E-state index is -4.35. The molecule has 0 saturated carbocycles. The third-order valence-electron chi connectivity index (χ3n) is 10.00. The summed E-state index contributed by atoms with van der Waals surface area (Å²) < 4.78 is 23.5. The number of aliphatic hydroxyl groups excluding tert-OH is 1. The normalized spacial score (nSPS) is 14.8. The average Bonchev–Trinajstić information content (AvgIpc) is 3.15. The van der Waals surface area contributed by atoms with E-state index in [4.69, 9.17) is 9.05 Å².